The van der Waals surface area contributed by atoms with Gasteiger partial charge in [-0.05, 0) is 117 Å². The van der Waals surface area contributed by atoms with Gasteiger partial charge in [-0.25, -0.2) is 13.4 Å². The van der Waals surface area contributed by atoms with Crippen LogP contribution in [0.2, 0.25) is 5.02 Å². The van der Waals surface area contributed by atoms with Crippen LogP contribution in [0.25, 0.3) is 16.6 Å². The number of amides is 1. The SMILES string of the molecule is CN(C)CC(=O)N1CCC(CNc2ccc(S(=O)(=O)CC(=O)c3ccc(N4CCN(CC5=C(c6ccc(C(F)(F)F)cc6Cl)CC(C)(C)CC5)CC4)cc3Oc3cnc4[nH]ccc4c3)cc2[N+](=O)[O-])CC1. The Morgan fingerprint density at radius 3 is 2.44 bits per heavy atom. The van der Waals surface area contributed by atoms with Crippen molar-refractivity contribution in [3.05, 3.63) is 117 Å². The van der Waals surface area contributed by atoms with Gasteiger partial charge in [0.2, 0.25) is 5.91 Å². The summed E-state index contributed by atoms with van der Waals surface area (Å²) in [6.45, 7) is 9.30. The maximum atomic E-state index is 14.1. The van der Waals surface area contributed by atoms with Crippen LogP contribution in [-0.2, 0) is 20.8 Å². The molecule has 4 heterocycles. The number of ketones is 1. The van der Waals surface area contributed by atoms with Crippen LogP contribution in [0.15, 0.2) is 89.6 Å². The van der Waals surface area contributed by atoms with Gasteiger partial charge in [0.25, 0.3) is 5.69 Å². The van der Waals surface area contributed by atoms with Crippen LogP contribution in [0, 0.1) is 21.4 Å². The lowest BCUT2D eigenvalue weighted by molar-refractivity contribution is -0.384. The number of Topliss-reactive ketones (excluding diaryl/α,β-unsaturated/α-hetero) is 1. The van der Waals surface area contributed by atoms with Crippen LogP contribution in [0.4, 0.5) is 30.2 Å². The van der Waals surface area contributed by atoms with Gasteiger partial charge in [0.15, 0.2) is 15.6 Å². The van der Waals surface area contributed by atoms with Gasteiger partial charge in [-0.1, -0.05) is 37.1 Å². The van der Waals surface area contributed by atoms with Crippen LogP contribution >= 0.6 is 11.6 Å². The highest BCUT2D eigenvalue weighted by molar-refractivity contribution is 7.92. The van der Waals surface area contributed by atoms with E-state index >= 15 is 0 Å². The number of hydrogen-bond acceptors (Lipinski definition) is 12. The standard InChI is InChI=1S/C51H58ClF3N8O7S/c1-50(2)15-11-35(42(27-50)40-8-5-36(24-43(40)52)51(53,54)55)30-60-19-21-61(22-20-60)37-6-9-41(47(25-37)70-38-23-34-12-16-56-49(34)58-29-38)46(64)32-71(68,69)39-7-10-44(45(26-39)63(66)67)57-28-33-13-17-62(18-14-33)48(65)31-59(3)4/h5-10,12,16,23-26,29,33,57H,11,13-15,17-22,27-28,30-32H2,1-4H3,(H,56,58). The normalized spacial score (nSPS) is 17.3. The first-order chi connectivity index (χ1) is 33.6. The van der Waals surface area contributed by atoms with E-state index in [-0.39, 0.29) is 44.2 Å². The number of alkyl halides is 3. The molecule has 71 heavy (non-hydrogen) atoms. The number of anilines is 2. The summed E-state index contributed by atoms with van der Waals surface area (Å²) in [4.78, 5) is 53.4. The Labute approximate surface area is 416 Å². The number of H-pyrrole nitrogens is 1. The first-order valence-electron chi connectivity index (χ1n) is 23.6. The highest BCUT2D eigenvalue weighted by Gasteiger charge is 2.34. The number of piperidine rings is 1. The quantitative estimate of drug-likeness (QED) is 0.0545. The number of benzene rings is 3. The number of ether oxygens (including phenoxy) is 1. The number of pyridine rings is 1. The average Bonchev–Trinajstić information content (AvgIpc) is 3.79. The number of likely N-dealkylation sites (N-methyl/N-ethyl adjacent to an activating group) is 1. The molecule has 2 N–H and O–H groups in total. The van der Waals surface area contributed by atoms with E-state index in [0.29, 0.717) is 95.1 Å². The molecule has 2 saturated heterocycles. The van der Waals surface area contributed by atoms with E-state index in [9.17, 15) is 41.3 Å². The van der Waals surface area contributed by atoms with E-state index in [4.69, 9.17) is 16.3 Å². The number of nitro groups is 1. The number of nitrogens with zero attached hydrogens (tertiary/aromatic N) is 6. The molecule has 0 unspecified atom stereocenters. The van der Waals surface area contributed by atoms with Crippen molar-refractivity contribution in [3.63, 3.8) is 0 Å². The number of hydrogen-bond donors (Lipinski definition) is 2. The number of nitro benzene ring substituents is 1. The number of aromatic nitrogens is 2. The predicted octanol–water partition coefficient (Wildman–Crippen LogP) is 9.59. The van der Waals surface area contributed by atoms with Gasteiger partial charge in [0, 0.05) is 86.8 Å². The second-order valence-electron chi connectivity index (χ2n) is 19.8. The number of rotatable bonds is 16. The van der Waals surface area contributed by atoms with Gasteiger partial charge in [-0.3, -0.25) is 24.6 Å². The highest BCUT2D eigenvalue weighted by Crippen LogP contribution is 2.46. The van der Waals surface area contributed by atoms with Gasteiger partial charge >= 0.3 is 6.18 Å². The summed E-state index contributed by atoms with van der Waals surface area (Å²) >= 11 is 6.55. The molecule has 0 atom stereocenters. The van der Waals surface area contributed by atoms with Gasteiger partial charge in [0.05, 0.1) is 33.7 Å². The molecule has 0 saturated carbocycles. The molecule has 1 amide bonds. The van der Waals surface area contributed by atoms with Gasteiger partial charge in [0.1, 0.15) is 28.6 Å². The molecule has 15 nitrogen and oxygen atoms in total. The Hall–Kier alpha value is -6.02. The molecule has 20 heteroatoms. The van der Waals surface area contributed by atoms with Crippen LogP contribution in [0.5, 0.6) is 11.5 Å². The van der Waals surface area contributed by atoms with Crippen molar-refractivity contribution >= 4 is 66.8 Å². The monoisotopic (exact) mass is 1020 g/mol. The molecule has 0 bridgehead atoms. The number of likely N-dealkylation sites (tertiary alicyclic amines) is 1. The van der Waals surface area contributed by atoms with Crippen molar-refractivity contribution in [1.29, 1.82) is 0 Å². The number of carbonyl (C=O) groups is 2. The molecular weight excluding hydrogens is 961 g/mol. The maximum Gasteiger partial charge on any atom is 0.416 e. The molecule has 2 aliphatic heterocycles. The zero-order valence-electron chi connectivity index (χ0n) is 40.2. The van der Waals surface area contributed by atoms with Crippen LogP contribution in [0.1, 0.15) is 67.4 Å². The van der Waals surface area contributed by atoms with Crippen LogP contribution in [-0.4, -0.2) is 128 Å². The first-order valence-corrected chi connectivity index (χ1v) is 25.7. The second kappa shape index (κ2) is 21.0. The zero-order valence-corrected chi connectivity index (χ0v) is 41.7. The molecular formula is C51H58ClF3N8O7S. The van der Waals surface area contributed by atoms with Crippen molar-refractivity contribution in [1.82, 2.24) is 24.7 Å². The fourth-order valence-corrected chi connectivity index (χ4v) is 11.2. The fourth-order valence-electron chi connectivity index (χ4n) is 9.64. The Kier molecular flexibility index (Phi) is 15.2. The lowest BCUT2D eigenvalue weighted by Gasteiger charge is -2.39. The first kappa shape index (κ1) is 51.3. The molecule has 1 aliphatic carbocycles. The summed E-state index contributed by atoms with van der Waals surface area (Å²) < 4.78 is 74.7. The van der Waals surface area contributed by atoms with Gasteiger partial charge in [-0.2, -0.15) is 13.2 Å². The Balaban J connectivity index is 0.973. The Morgan fingerprint density at radius 2 is 1.75 bits per heavy atom. The molecule has 8 rings (SSSR count). The van der Waals surface area contributed by atoms with Crippen molar-refractivity contribution in [3.8, 4) is 11.5 Å². The number of fused-ring (bicyclic) bond motifs is 1. The zero-order chi connectivity index (χ0) is 50.8. The molecule has 0 spiro atoms. The number of nitrogens with one attached hydrogen (secondary N) is 2. The smallest absolute Gasteiger partial charge is 0.416 e. The molecule has 2 fully saturated rings. The number of halogens is 4. The highest BCUT2D eigenvalue weighted by atomic mass is 35.5. The van der Waals surface area contributed by atoms with E-state index in [1.54, 1.807) is 24.4 Å². The lowest BCUT2D eigenvalue weighted by Crippen LogP contribution is -2.47. The predicted molar refractivity (Wildman–Crippen MR) is 268 cm³/mol. The van der Waals surface area contributed by atoms with Crippen molar-refractivity contribution in [2.24, 2.45) is 11.3 Å². The minimum Gasteiger partial charge on any atom is -0.455 e. The number of piperazine rings is 1. The van der Waals surface area contributed by atoms with E-state index < -0.39 is 43.7 Å². The number of aromatic amines is 1. The Bertz CT molecular complexity index is 2960. The summed E-state index contributed by atoms with van der Waals surface area (Å²) in [5.74, 6) is -1.16. The minimum absolute atomic E-state index is 0.00556. The van der Waals surface area contributed by atoms with Crippen molar-refractivity contribution < 1.29 is 40.8 Å². The van der Waals surface area contributed by atoms with Crippen molar-refractivity contribution in [2.45, 2.75) is 57.0 Å². The number of carbonyl (C=O) groups excluding carboxylic acids is 2. The topological polar surface area (TPSA) is 174 Å². The van der Waals surface area contributed by atoms with E-state index in [1.165, 1.54) is 30.5 Å². The van der Waals surface area contributed by atoms with Gasteiger partial charge < -0.3 is 29.7 Å². The Morgan fingerprint density at radius 1 is 1.00 bits per heavy atom. The number of allylic oxidation sites excluding steroid dienone is 1. The minimum atomic E-state index is -4.50. The van der Waals surface area contributed by atoms with E-state index in [2.05, 4.69) is 38.9 Å². The summed E-state index contributed by atoms with van der Waals surface area (Å²) in [6.07, 6.45) is 2.55. The molecule has 2 aromatic heterocycles. The van der Waals surface area contributed by atoms with E-state index in [0.717, 1.165) is 53.3 Å². The molecule has 378 valence electrons. The summed E-state index contributed by atoms with van der Waals surface area (Å²) in [5.41, 5.74) is 2.98. The number of sulfone groups is 1. The lowest BCUT2D eigenvalue weighted by atomic mass is 9.72. The molecule has 5 aromatic rings. The molecule has 3 aromatic carbocycles. The summed E-state index contributed by atoms with van der Waals surface area (Å²) in [6, 6.07) is 15.7. The summed E-state index contributed by atoms with van der Waals surface area (Å²) in [5, 5.41) is 16.2. The molecule has 3 aliphatic rings. The van der Waals surface area contributed by atoms with Crippen molar-refractivity contribution in [2.75, 3.05) is 89.0 Å². The molecule has 0 radical (unpaired) electrons. The average molecular weight is 1020 g/mol. The fraction of sp³-hybridized carbons (Fsp3) is 0.431. The summed E-state index contributed by atoms with van der Waals surface area (Å²) in [7, 11) is -0.733. The van der Waals surface area contributed by atoms with Crippen LogP contribution in [0.3, 0.4) is 0 Å². The van der Waals surface area contributed by atoms with Crippen LogP contribution < -0.4 is 15.0 Å². The third kappa shape index (κ3) is 12.4. The third-order valence-electron chi connectivity index (χ3n) is 13.7. The third-order valence-corrected chi connectivity index (χ3v) is 15.6. The largest absolute Gasteiger partial charge is 0.455 e. The van der Waals surface area contributed by atoms with Gasteiger partial charge in [-0.15, -0.1) is 0 Å². The van der Waals surface area contributed by atoms with E-state index in [1.807, 2.05) is 30.0 Å². The second-order valence-corrected chi connectivity index (χ2v) is 22.2. The maximum absolute atomic E-state index is 14.1.